The maximum Gasteiger partial charge on any atom is 0.389 e. The fourth-order valence-corrected chi connectivity index (χ4v) is 2.24. The molecule has 0 heterocycles. The molecular weight excluding hydrogens is 299 g/mol. The first-order valence-electron chi connectivity index (χ1n) is 6.39. The Labute approximate surface area is 125 Å². The minimum Gasteiger partial charge on any atom is -0.493 e. The molecule has 2 aromatic rings. The molecule has 0 aliphatic carbocycles. The molecule has 2 nitrogen and oxygen atoms in total. The first-order chi connectivity index (χ1) is 9.88. The van der Waals surface area contributed by atoms with Crippen LogP contribution < -0.4 is 10.5 Å². The van der Waals surface area contributed by atoms with Gasteiger partial charge in [-0.2, -0.15) is 13.2 Å². The number of nitrogens with two attached hydrogens (primary N) is 1. The van der Waals surface area contributed by atoms with Gasteiger partial charge in [-0.15, -0.1) is 0 Å². The van der Waals surface area contributed by atoms with Crippen LogP contribution in [-0.2, 0) is 0 Å². The molecule has 0 bridgehead atoms. The number of hydrogen-bond acceptors (Lipinski definition) is 2. The van der Waals surface area contributed by atoms with Crippen LogP contribution in [0.25, 0.3) is 10.8 Å². The van der Waals surface area contributed by atoms with Gasteiger partial charge in [-0.3, -0.25) is 0 Å². The summed E-state index contributed by atoms with van der Waals surface area (Å²) >= 11 is 4.99. The number of benzene rings is 2. The molecule has 2 rings (SSSR count). The summed E-state index contributed by atoms with van der Waals surface area (Å²) in [6.07, 6.45) is -5.08. The van der Waals surface area contributed by atoms with E-state index in [0.29, 0.717) is 5.75 Å². The Morgan fingerprint density at radius 1 is 1.10 bits per heavy atom. The van der Waals surface area contributed by atoms with E-state index in [0.717, 1.165) is 16.3 Å². The van der Waals surface area contributed by atoms with E-state index in [-0.39, 0.29) is 18.0 Å². The Hall–Kier alpha value is -1.82. The summed E-state index contributed by atoms with van der Waals surface area (Å²) in [6.45, 7) is 0.00984. The maximum absolute atomic E-state index is 12.1. The second-order valence-electron chi connectivity index (χ2n) is 4.59. The molecule has 2 N–H and O–H groups in total. The van der Waals surface area contributed by atoms with E-state index in [9.17, 15) is 13.2 Å². The van der Waals surface area contributed by atoms with Crippen molar-refractivity contribution < 1.29 is 17.9 Å². The molecule has 0 radical (unpaired) electrons. The summed E-state index contributed by atoms with van der Waals surface area (Å²) in [5, 5.41) is 1.62. The van der Waals surface area contributed by atoms with Gasteiger partial charge in [0.15, 0.2) is 0 Å². The van der Waals surface area contributed by atoms with Gasteiger partial charge in [0.2, 0.25) is 0 Å². The zero-order valence-electron chi connectivity index (χ0n) is 11.1. The third-order valence-corrected chi connectivity index (χ3v) is 3.23. The van der Waals surface area contributed by atoms with E-state index in [2.05, 4.69) is 0 Å². The average molecular weight is 313 g/mol. The highest BCUT2D eigenvalue weighted by Gasteiger charge is 2.26. The molecule has 0 spiro atoms. The van der Waals surface area contributed by atoms with Crippen LogP contribution in [0.1, 0.15) is 18.4 Å². The lowest BCUT2D eigenvalue weighted by Gasteiger charge is -2.12. The predicted molar refractivity (Wildman–Crippen MR) is 80.6 cm³/mol. The van der Waals surface area contributed by atoms with E-state index < -0.39 is 12.6 Å². The second kappa shape index (κ2) is 6.30. The van der Waals surface area contributed by atoms with Crippen LogP contribution in [0.2, 0.25) is 0 Å². The van der Waals surface area contributed by atoms with Crippen molar-refractivity contribution in [3.63, 3.8) is 0 Å². The summed E-state index contributed by atoms with van der Waals surface area (Å²) < 4.78 is 41.7. The predicted octanol–water partition coefficient (Wildman–Crippen LogP) is 4.20. The minimum atomic E-state index is -4.15. The lowest BCUT2D eigenvalue weighted by Crippen LogP contribution is -2.11. The monoisotopic (exact) mass is 313 g/mol. The van der Waals surface area contributed by atoms with Crippen LogP contribution in [0.4, 0.5) is 13.2 Å². The van der Waals surface area contributed by atoms with Crippen LogP contribution in [0.15, 0.2) is 36.4 Å². The smallest absolute Gasteiger partial charge is 0.389 e. The summed E-state index contributed by atoms with van der Waals surface area (Å²) in [5.41, 5.74) is 6.39. The van der Waals surface area contributed by atoms with Gasteiger partial charge in [-0.1, -0.05) is 36.5 Å². The summed E-state index contributed by atoms with van der Waals surface area (Å²) in [4.78, 5) is 0.273. The van der Waals surface area contributed by atoms with Crippen LogP contribution in [-0.4, -0.2) is 17.8 Å². The molecule has 6 heteroatoms. The normalized spacial score (nSPS) is 11.6. The van der Waals surface area contributed by atoms with Crippen LogP contribution in [0, 0.1) is 0 Å². The van der Waals surface area contributed by atoms with Crippen molar-refractivity contribution in [1.82, 2.24) is 0 Å². The zero-order valence-corrected chi connectivity index (χ0v) is 11.9. The number of rotatable bonds is 5. The number of alkyl halides is 3. The number of fused-ring (bicyclic) bond motifs is 1. The number of ether oxygens (including phenoxy) is 1. The Bertz CT molecular complexity index is 655. The molecule has 0 saturated carbocycles. The first-order valence-corrected chi connectivity index (χ1v) is 6.80. The lowest BCUT2D eigenvalue weighted by molar-refractivity contribution is -0.136. The van der Waals surface area contributed by atoms with E-state index in [1.807, 2.05) is 24.3 Å². The largest absolute Gasteiger partial charge is 0.493 e. The minimum absolute atomic E-state index is 0.00984. The standard InChI is InChI=1S/C15H14F3NOS/c16-15(17,18)8-3-9-20-13-7-6-12(14(19)21)10-4-1-2-5-11(10)13/h1-2,4-7H,3,8-9H2,(H2,19,21). The molecule has 2 aromatic carbocycles. The molecule has 0 aromatic heterocycles. The van der Waals surface area contributed by atoms with Crippen molar-refractivity contribution in [2.24, 2.45) is 5.73 Å². The number of hydrogen-bond donors (Lipinski definition) is 1. The van der Waals surface area contributed by atoms with Gasteiger partial charge in [0.25, 0.3) is 0 Å². The van der Waals surface area contributed by atoms with Gasteiger partial charge >= 0.3 is 6.18 Å². The topological polar surface area (TPSA) is 35.2 Å². The molecule has 112 valence electrons. The third-order valence-electron chi connectivity index (χ3n) is 3.01. The van der Waals surface area contributed by atoms with Crippen molar-refractivity contribution in [3.8, 4) is 5.75 Å². The fraction of sp³-hybridized carbons (Fsp3) is 0.267. The summed E-state index contributed by atoms with van der Waals surface area (Å²) in [5.74, 6) is 0.535. The van der Waals surface area contributed by atoms with Crippen LogP contribution in [0.3, 0.4) is 0 Å². The summed E-state index contributed by atoms with van der Waals surface area (Å²) in [6, 6.07) is 10.8. The van der Waals surface area contributed by atoms with E-state index in [4.69, 9.17) is 22.7 Å². The van der Waals surface area contributed by atoms with Gasteiger partial charge < -0.3 is 10.5 Å². The zero-order chi connectivity index (χ0) is 15.5. The number of halogens is 3. The average Bonchev–Trinajstić information content (AvgIpc) is 2.42. The summed E-state index contributed by atoms with van der Waals surface area (Å²) in [7, 11) is 0. The highest BCUT2D eigenvalue weighted by atomic mass is 32.1. The van der Waals surface area contributed by atoms with Crippen molar-refractivity contribution in [2.75, 3.05) is 6.61 Å². The molecular formula is C15H14F3NOS. The Kier molecular flexibility index (Phi) is 4.67. The SMILES string of the molecule is NC(=S)c1ccc(OCCCC(F)(F)F)c2ccccc12. The first kappa shape index (κ1) is 15.6. The molecule has 0 fully saturated rings. The molecule has 0 aliphatic heterocycles. The fourth-order valence-electron chi connectivity index (χ4n) is 2.07. The van der Waals surface area contributed by atoms with Crippen molar-refractivity contribution in [3.05, 3.63) is 42.0 Å². The van der Waals surface area contributed by atoms with E-state index in [1.165, 1.54) is 0 Å². The second-order valence-corrected chi connectivity index (χ2v) is 5.03. The molecule has 0 amide bonds. The van der Waals surface area contributed by atoms with E-state index >= 15 is 0 Å². The van der Waals surface area contributed by atoms with Crippen LogP contribution >= 0.6 is 12.2 Å². The van der Waals surface area contributed by atoms with Gasteiger partial charge in [0.05, 0.1) is 6.61 Å². The number of thiocarbonyl (C=S) groups is 1. The van der Waals surface area contributed by atoms with Crippen molar-refractivity contribution >= 4 is 28.0 Å². The van der Waals surface area contributed by atoms with Crippen molar-refractivity contribution in [2.45, 2.75) is 19.0 Å². The van der Waals surface area contributed by atoms with Gasteiger partial charge in [0, 0.05) is 17.4 Å². The lowest BCUT2D eigenvalue weighted by atomic mass is 10.0. The maximum atomic E-state index is 12.1. The molecule has 0 saturated heterocycles. The quantitative estimate of drug-likeness (QED) is 0.664. The molecule has 0 unspecified atom stereocenters. The highest BCUT2D eigenvalue weighted by molar-refractivity contribution is 7.80. The molecule has 21 heavy (non-hydrogen) atoms. The molecule has 0 atom stereocenters. The van der Waals surface area contributed by atoms with Gasteiger partial charge in [-0.25, -0.2) is 0 Å². The molecule has 0 aliphatic rings. The third kappa shape index (κ3) is 4.07. The van der Waals surface area contributed by atoms with E-state index in [1.54, 1.807) is 12.1 Å². The Morgan fingerprint density at radius 3 is 2.38 bits per heavy atom. The Morgan fingerprint density at radius 2 is 1.76 bits per heavy atom. The van der Waals surface area contributed by atoms with Crippen molar-refractivity contribution in [1.29, 1.82) is 0 Å². The van der Waals surface area contributed by atoms with Gasteiger partial charge in [-0.05, 0) is 23.9 Å². The highest BCUT2D eigenvalue weighted by Crippen LogP contribution is 2.29. The van der Waals surface area contributed by atoms with Crippen LogP contribution in [0.5, 0.6) is 5.75 Å². The Balaban J connectivity index is 2.18. The van der Waals surface area contributed by atoms with Gasteiger partial charge in [0.1, 0.15) is 10.7 Å².